The minimum absolute atomic E-state index is 0.0646. The number of aromatic nitrogens is 2. The third-order valence-electron chi connectivity index (χ3n) is 5.00. The zero-order chi connectivity index (χ0) is 18.9. The van der Waals surface area contributed by atoms with Crippen LogP contribution in [-0.4, -0.2) is 58.8 Å². The number of hydrogen-bond donors (Lipinski definition) is 0. The molecule has 1 fully saturated rings. The molecule has 0 radical (unpaired) electrons. The lowest BCUT2D eigenvalue weighted by Gasteiger charge is -2.41. The van der Waals surface area contributed by atoms with Gasteiger partial charge < -0.3 is 4.90 Å². The summed E-state index contributed by atoms with van der Waals surface area (Å²) in [5.74, 6) is -0.933. The largest absolute Gasteiger partial charge is 0.411 e. The SMILES string of the molecule is CCC1(CC)CN(C(=O)CC(n2cccn2)C(F)(F)F)CCS1(=O)=O. The molecule has 0 saturated carbocycles. The van der Waals surface area contributed by atoms with Crippen LogP contribution in [0.15, 0.2) is 18.5 Å². The van der Waals surface area contributed by atoms with Crippen molar-refractivity contribution in [3.05, 3.63) is 18.5 Å². The Labute approximate surface area is 144 Å². The Balaban J connectivity index is 2.20. The molecule has 0 bridgehead atoms. The van der Waals surface area contributed by atoms with Crippen molar-refractivity contribution in [3.63, 3.8) is 0 Å². The van der Waals surface area contributed by atoms with Crippen molar-refractivity contribution in [1.82, 2.24) is 14.7 Å². The molecule has 1 unspecified atom stereocenters. The lowest BCUT2D eigenvalue weighted by atomic mass is 10.0. The van der Waals surface area contributed by atoms with E-state index in [1.807, 2.05) is 0 Å². The van der Waals surface area contributed by atoms with Crippen LogP contribution in [0.3, 0.4) is 0 Å². The molecule has 1 atom stereocenters. The topological polar surface area (TPSA) is 72.3 Å². The molecule has 142 valence electrons. The van der Waals surface area contributed by atoms with E-state index in [4.69, 9.17) is 0 Å². The van der Waals surface area contributed by atoms with Crippen LogP contribution in [0.2, 0.25) is 0 Å². The summed E-state index contributed by atoms with van der Waals surface area (Å²) in [5, 5.41) is 3.60. The van der Waals surface area contributed by atoms with E-state index in [0.717, 1.165) is 6.20 Å². The molecule has 6 nitrogen and oxygen atoms in total. The highest BCUT2D eigenvalue weighted by atomic mass is 32.2. The molecule has 1 amide bonds. The number of carbonyl (C=O) groups is 1. The lowest BCUT2D eigenvalue weighted by Crippen LogP contribution is -2.57. The van der Waals surface area contributed by atoms with Gasteiger partial charge in [-0.3, -0.25) is 9.48 Å². The molecule has 1 saturated heterocycles. The first kappa shape index (κ1) is 19.7. The third kappa shape index (κ3) is 3.83. The smallest absolute Gasteiger partial charge is 0.340 e. The third-order valence-corrected chi connectivity index (χ3v) is 7.75. The van der Waals surface area contributed by atoms with Gasteiger partial charge in [-0.25, -0.2) is 8.42 Å². The van der Waals surface area contributed by atoms with Gasteiger partial charge in [0.15, 0.2) is 15.9 Å². The number of rotatable bonds is 5. The van der Waals surface area contributed by atoms with Crippen molar-refractivity contribution >= 4 is 15.7 Å². The van der Waals surface area contributed by atoms with Crippen molar-refractivity contribution < 1.29 is 26.4 Å². The number of carbonyl (C=O) groups excluding carboxylic acids is 1. The maximum Gasteiger partial charge on any atom is 0.411 e. The molecular formula is C15H22F3N3O3S. The highest BCUT2D eigenvalue weighted by Gasteiger charge is 2.48. The second-order valence-corrected chi connectivity index (χ2v) is 8.78. The fraction of sp³-hybridized carbons (Fsp3) is 0.733. The quantitative estimate of drug-likeness (QED) is 0.784. The maximum absolute atomic E-state index is 13.3. The van der Waals surface area contributed by atoms with Crippen molar-refractivity contribution in [2.45, 2.75) is 50.1 Å². The molecule has 10 heteroatoms. The minimum Gasteiger partial charge on any atom is -0.340 e. The van der Waals surface area contributed by atoms with E-state index < -0.39 is 39.1 Å². The van der Waals surface area contributed by atoms with E-state index in [9.17, 15) is 26.4 Å². The Morgan fingerprint density at radius 1 is 1.32 bits per heavy atom. The average Bonchev–Trinajstić information content (AvgIpc) is 3.05. The summed E-state index contributed by atoms with van der Waals surface area (Å²) in [6, 6.07) is -0.707. The summed E-state index contributed by atoms with van der Waals surface area (Å²) in [4.78, 5) is 13.7. The zero-order valence-electron chi connectivity index (χ0n) is 14.2. The normalized spacial score (nSPS) is 21.1. The van der Waals surface area contributed by atoms with E-state index >= 15 is 0 Å². The Morgan fingerprint density at radius 2 is 1.96 bits per heavy atom. The van der Waals surface area contributed by atoms with Gasteiger partial charge in [0.25, 0.3) is 0 Å². The maximum atomic E-state index is 13.3. The van der Waals surface area contributed by atoms with Crippen LogP contribution in [0.25, 0.3) is 0 Å². The molecule has 1 aromatic heterocycles. The van der Waals surface area contributed by atoms with E-state index in [-0.39, 0.29) is 18.8 Å². The monoisotopic (exact) mass is 381 g/mol. The van der Waals surface area contributed by atoms with Crippen molar-refractivity contribution in [1.29, 1.82) is 0 Å². The van der Waals surface area contributed by atoms with Gasteiger partial charge >= 0.3 is 6.18 Å². The van der Waals surface area contributed by atoms with Crippen LogP contribution >= 0.6 is 0 Å². The molecule has 1 aliphatic rings. The summed E-state index contributed by atoms with van der Waals surface area (Å²) in [5.41, 5.74) is 0. The van der Waals surface area contributed by atoms with Crippen molar-refractivity contribution in [2.24, 2.45) is 0 Å². The van der Waals surface area contributed by atoms with Crippen molar-refractivity contribution in [3.8, 4) is 0 Å². The van der Waals surface area contributed by atoms with Crippen LogP contribution in [-0.2, 0) is 14.6 Å². The Morgan fingerprint density at radius 3 is 2.44 bits per heavy atom. The fourth-order valence-corrected chi connectivity index (χ4v) is 5.34. The van der Waals surface area contributed by atoms with E-state index in [2.05, 4.69) is 5.10 Å². The van der Waals surface area contributed by atoms with Crippen LogP contribution < -0.4 is 0 Å². The molecule has 0 aliphatic carbocycles. The minimum atomic E-state index is -4.63. The van der Waals surface area contributed by atoms with Crippen LogP contribution in [0, 0.1) is 0 Å². The van der Waals surface area contributed by atoms with Crippen molar-refractivity contribution in [2.75, 3.05) is 18.8 Å². The first-order valence-electron chi connectivity index (χ1n) is 8.12. The number of hydrogen-bond acceptors (Lipinski definition) is 4. The standard InChI is InChI=1S/C15H22F3N3O3S/c1-3-14(4-2)11-20(8-9-25(14,23)24)13(22)10-12(15(16,17)18)21-7-5-6-19-21/h5-7,12H,3-4,8-11H2,1-2H3. The Kier molecular flexibility index (Phi) is 5.50. The number of halogens is 3. The first-order chi connectivity index (χ1) is 11.6. The summed E-state index contributed by atoms with van der Waals surface area (Å²) >= 11 is 0. The van der Waals surface area contributed by atoms with Gasteiger partial charge in [-0.15, -0.1) is 0 Å². The second-order valence-electron chi connectivity index (χ2n) is 6.27. The second kappa shape index (κ2) is 6.97. The van der Waals surface area contributed by atoms with E-state index in [1.165, 1.54) is 17.2 Å². The molecule has 1 aromatic rings. The predicted octanol–water partition coefficient (Wildman–Crippen LogP) is 2.19. The van der Waals surface area contributed by atoms with Gasteiger partial charge in [-0.2, -0.15) is 18.3 Å². The molecule has 2 rings (SSSR count). The highest BCUT2D eigenvalue weighted by molar-refractivity contribution is 7.92. The summed E-state index contributed by atoms with van der Waals surface area (Å²) in [6.45, 7) is 3.30. The number of amides is 1. The summed E-state index contributed by atoms with van der Waals surface area (Å²) < 4.78 is 64.2. The molecule has 0 N–H and O–H groups in total. The highest BCUT2D eigenvalue weighted by Crippen LogP contribution is 2.35. The first-order valence-corrected chi connectivity index (χ1v) is 9.77. The summed E-state index contributed by atoms with van der Waals surface area (Å²) in [7, 11) is -3.39. The zero-order valence-corrected chi connectivity index (χ0v) is 15.0. The molecule has 1 aliphatic heterocycles. The molecule has 0 spiro atoms. The summed E-state index contributed by atoms with van der Waals surface area (Å²) in [6.07, 6.45) is -2.41. The molecule has 0 aromatic carbocycles. The Bertz CT molecular complexity index is 697. The molecule has 2 heterocycles. The number of alkyl halides is 3. The van der Waals surface area contributed by atoms with E-state index in [1.54, 1.807) is 13.8 Å². The van der Waals surface area contributed by atoms with Gasteiger partial charge in [0, 0.05) is 25.5 Å². The molecular weight excluding hydrogens is 359 g/mol. The predicted molar refractivity (Wildman–Crippen MR) is 85.6 cm³/mol. The van der Waals surface area contributed by atoms with Crippen LogP contribution in [0.5, 0.6) is 0 Å². The van der Waals surface area contributed by atoms with Gasteiger partial charge in [0.05, 0.1) is 16.9 Å². The van der Waals surface area contributed by atoms with Crippen LogP contribution in [0.1, 0.15) is 39.2 Å². The van der Waals surface area contributed by atoms with Gasteiger partial charge in [-0.05, 0) is 18.9 Å². The number of nitrogens with zero attached hydrogens (tertiary/aromatic N) is 3. The molecule has 25 heavy (non-hydrogen) atoms. The number of sulfone groups is 1. The van der Waals surface area contributed by atoms with E-state index in [0.29, 0.717) is 17.5 Å². The van der Waals surface area contributed by atoms with Gasteiger partial charge in [0.2, 0.25) is 5.91 Å². The average molecular weight is 381 g/mol. The van der Waals surface area contributed by atoms with Gasteiger partial charge in [-0.1, -0.05) is 13.8 Å². The Hall–Kier alpha value is -1.58. The van der Waals surface area contributed by atoms with Gasteiger partial charge in [0.1, 0.15) is 0 Å². The fourth-order valence-electron chi connectivity index (χ4n) is 3.22. The van der Waals surface area contributed by atoms with Crippen LogP contribution in [0.4, 0.5) is 13.2 Å². The lowest BCUT2D eigenvalue weighted by molar-refractivity contribution is -0.177.